The van der Waals surface area contributed by atoms with E-state index in [9.17, 15) is 0 Å². The van der Waals surface area contributed by atoms with Crippen LogP contribution >= 0.6 is 0 Å². The normalized spacial score (nSPS) is 31.8. The molecule has 2 rings (SSSR count). The molecule has 0 aromatic carbocycles. The number of morpholine rings is 1. The highest BCUT2D eigenvalue weighted by Crippen LogP contribution is 2.03. The highest BCUT2D eigenvalue weighted by Gasteiger charge is 2.22. The fraction of sp³-hybridized carbons (Fsp3) is 1.00. The summed E-state index contributed by atoms with van der Waals surface area (Å²) in [5, 5.41) is 2.48. The summed E-state index contributed by atoms with van der Waals surface area (Å²) in [7, 11) is 0. The third kappa shape index (κ3) is 2.93. The van der Waals surface area contributed by atoms with Crippen molar-refractivity contribution in [3.8, 4) is 0 Å². The predicted octanol–water partition coefficient (Wildman–Crippen LogP) is -2.13. The fourth-order valence-electron chi connectivity index (χ4n) is 2.48. The zero-order valence-corrected chi connectivity index (χ0v) is 8.43. The van der Waals surface area contributed by atoms with E-state index in [2.05, 4.69) is 5.32 Å². The van der Waals surface area contributed by atoms with Crippen LogP contribution in [0.2, 0.25) is 0 Å². The Kier molecular flexibility index (Phi) is 3.58. The molecule has 0 unspecified atom stereocenters. The number of hydrogen-bond donors (Lipinski definition) is 2. The van der Waals surface area contributed by atoms with Crippen molar-refractivity contribution >= 4 is 0 Å². The maximum absolute atomic E-state index is 5.36. The quantitative estimate of drug-likeness (QED) is 0.507. The lowest BCUT2D eigenvalue weighted by Crippen LogP contribution is -3.15. The van der Waals surface area contributed by atoms with E-state index in [1.54, 1.807) is 4.90 Å². The minimum Gasteiger partial charge on any atom is -0.370 e. The van der Waals surface area contributed by atoms with Crippen molar-refractivity contribution < 1.29 is 15.0 Å². The van der Waals surface area contributed by atoms with Gasteiger partial charge in [0.25, 0.3) is 0 Å². The van der Waals surface area contributed by atoms with Crippen molar-refractivity contribution in [2.45, 2.75) is 12.8 Å². The van der Waals surface area contributed by atoms with E-state index in [4.69, 9.17) is 4.74 Å². The lowest BCUT2D eigenvalue weighted by Gasteiger charge is -2.28. The molecule has 3 N–H and O–H groups in total. The maximum Gasteiger partial charge on any atom is 0.101 e. The Hall–Kier alpha value is -0.120. The first kappa shape index (κ1) is 9.44. The Bertz CT molecular complexity index is 124. The Labute approximate surface area is 80.4 Å². The molecule has 0 bridgehead atoms. The highest BCUT2D eigenvalue weighted by molar-refractivity contribution is 4.58. The molecular formula is C10H22N2O+2. The molecule has 76 valence electrons. The lowest BCUT2D eigenvalue weighted by atomic mass is 9.99. The van der Waals surface area contributed by atoms with E-state index in [0.29, 0.717) is 0 Å². The van der Waals surface area contributed by atoms with Crippen LogP contribution in [0.4, 0.5) is 0 Å². The van der Waals surface area contributed by atoms with Gasteiger partial charge in [-0.25, -0.2) is 0 Å². The molecule has 0 amide bonds. The van der Waals surface area contributed by atoms with Crippen LogP contribution < -0.4 is 10.2 Å². The van der Waals surface area contributed by atoms with Crippen LogP contribution in [0.15, 0.2) is 0 Å². The molecule has 0 radical (unpaired) electrons. The first-order chi connectivity index (χ1) is 6.45. The molecule has 2 fully saturated rings. The van der Waals surface area contributed by atoms with E-state index < -0.39 is 0 Å². The van der Waals surface area contributed by atoms with E-state index >= 15 is 0 Å². The van der Waals surface area contributed by atoms with Crippen LogP contribution in [-0.4, -0.2) is 45.9 Å². The first-order valence-corrected chi connectivity index (χ1v) is 5.68. The highest BCUT2D eigenvalue weighted by atomic mass is 16.5. The molecule has 0 aromatic rings. The number of nitrogens with two attached hydrogens (primary N) is 1. The van der Waals surface area contributed by atoms with Crippen molar-refractivity contribution in [1.82, 2.24) is 0 Å². The lowest BCUT2D eigenvalue weighted by molar-refractivity contribution is -0.913. The van der Waals surface area contributed by atoms with Crippen molar-refractivity contribution in [3.05, 3.63) is 0 Å². The molecule has 2 aliphatic rings. The Morgan fingerprint density at radius 2 is 2.15 bits per heavy atom. The topological polar surface area (TPSA) is 30.3 Å². The Morgan fingerprint density at radius 3 is 2.85 bits per heavy atom. The summed E-state index contributed by atoms with van der Waals surface area (Å²) >= 11 is 0. The average Bonchev–Trinajstić information content (AvgIpc) is 2.21. The second-order valence-corrected chi connectivity index (χ2v) is 4.39. The first-order valence-electron chi connectivity index (χ1n) is 5.68. The van der Waals surface area contributed by atoms with Gasteiger partial charge in [-0.15, -0.1) is 0 Å². The Balaban J connectivity index is 1.69. The number of quaternary nitrogens is 2. The molecule has 0 spiro atoms. The largest absolute Gasteiger partial charge is 0.370 e. The van der Waals surface area contributed by atoms with Crippen LogP contribution in [0.5, 0.6) is 0 Å². The van der Waals surface area contributed by atoms with Crippen molar-refractivity contribution in [1.29, 1.82) is 0 Å². The van der Waals surface area contributed by atoms with Gasteiger partial charge in [0.15, 0.2) is 0 Å². The number of piperidine rings is 1. The number of rotatable bonds is 2. The third-order valence-corrected chi connectivity index (χ3v) is 3.30. The molecule has 13 heavy (non-hydrogen) atoms. The SMILES string of the molecule is C1C[NH2+]C[C@@H](C[NH+]2CCOCC2)C1. The van der Waals surface area contributed by atoms with Gasteiger partial charge in [-0.3, -0.25) is 0 Å². The molecule has 1 atom stereocenters. The summed E-state index contributed by atoms with van der Waals surface area (Å²) in [6, 6.07) is 0. The smallest absolute Gasteiger partial charge is 0.101 e. The summed E-state index contributed by atoms with van der Waals surface area (Å²) in [5.41, 5.74) is 0. The van der Waals surface area contributed by atoms with Gasteiger partial charge in [0.2, 0.25) is 0 Å². The van der Waals surface area contributed by atoms with Crippen molar-refractivity contribution in [2.75, 3.05) is 45.9 Å². The molecule has 2 saturated heterocycles. The third-order valence-electron chi connectivity index (χ3n) is 3.30. The van der Waals surface area contributed by atoms with Gasteiger partial charge >= 0.3 is 0 Å². The van der Waals surface area contributed by atoms with Gasteiger partial charge in [-0.1, -0.05) is 0 Å². The van der Waals surface area contributed by atoms with E-state index in [1.807, 2.05) is 0 Å². The molecule has 3 heteroatoms. The minimum absolute atomic E-state index is 0.974. The summed E-state index contributed by atoms with van der Waals surface area (Å²) < 4.78 is 5.36. The minimum atomic E-state index is 0.974. The number of hydrogen-bond acceptors (Lipinski definition) is 1. The fourth-order valence-corrected chi connectivity index (χ4v) is 2.48. The second-order valence-electron chi connectivity index (χ2n) is 4.39. The van der Waals surface area contributed by atoms with E-state index in [-0.39, 0.29) is 0 Å². The molecule has 0 aromatic heterocycles. The van der Waals surface area contributed by atoms with E-state index in [0.717, 1.165) is 19.1 Å². The van der Waals surface area contributed by atoms with Gasteiger partial charge in [0.05, 0.1) is 38.8 Å². The van der Waals surface area contributed by atoms with Crippen LogP contribution in [0.25, 0.3) is 0 Å². The van der Waals surface area contributed by atoms with Crippen LogP contribution in [0.3, 0.4) is 0 Å². The number of ether oxygens (including phenoxy) is 1. The van der Waals surface area contributed by atoms with Gasteiger partial charge < -0.3 is 15.0 Å². The van der Waals surface area contributed by atoms with Gasteiger partial charge in [0.1, 0.15) is 13.1 Å². The van der Waals surface area contributed by atoms with E-state index in [1.165, 1.54) is 45.6 Å². The molecular weight excluding hydrogens is 164 g/mol. The molecule has 2 heterocycles. The monoisotopic (exact) mass is 186 g/mol. The molecule has 0 aliphatic carbocycles. The summed E-state index contributed by atoms with van der Waals surface area (Å²) in [6.45, 7) is 8.53. The molecule has 0 saturated carbocycles. The van der Waals surface area contributed by atoms with Crippen molar-refractivity contribution in [2.24, 2.45) is 5.92 Å². The zero-order chi connectivity index (χ0) is 8.93. The molecule has 2 aliphatic heterocycles. The van der Waals surface area contributed by atoms with Crippen LogP contribution in [-0.2, 0) is 4.74 Å². The van der Waals surface area contributed by atoms with Gasteiger partial charge in [-0.2, -0.15) is 0 Å². The number of nitrogens with one attached hydrogen (secondary N) is 1. The molecule has 3 nitrogen and oxygen atoms in total. The Morgan fingerprint density at radius 1 is 1.31 bits per heavy atom. The van der Waals surface area contributed by atoms with Crippen molar-refractivity contribution in [3.63, 3.8) is 0 Å². The van der Waals surface area contributed by atoms with Gasteiger partial charge in [-0.05, 0) is 12.8 Å². The standard InChI is InChI=1S/C10H20N2O/c1-2-10(8-11-3-1)9-12-4-6-13-7-5-12/h10-11H,1-9H2/p+2/t10-/m0/s1. The summed E-state index contributed by atoms with van der Waals surface area (Å²) in [5.74, 6) is 0.974. The van der Waals surface area contributed by atoms with Crippen LogP contribution in [0, 0.1) is 5.92 Å². The van der Waals surface area contributed by atoms with Gasteiger partial charge in [0, 0.05) is 0 Å². The zero-order valence-electron chi connectivity index (χ0n) is 8.43. The summed E-state index contributed by atoms with van der Waals surface area (Å²) in [6.07, 6.45) is 2.88. The second kappa shape index (κ2) is 4.94. The van der Waals surface area contributed by atoms with Crippen LogP contribution in [0.1, 0.15) is 12.8 Å². The predicted molar refractivity (Wildman–Crippen MR) is 50.8 cm³/mol. The average molecular weight is 186 g/mol. The maximum atomic E-state index is 5.36. The summed E-state index contributed by atoms with van der Waals surface area (Å²) in [4.78, 5) is 1.77.